The maximum Gasteiger partial charge on any atom is 0.235 e. The zero-order valence-corrected chi connectivity index (χ0v) is 5.33. The second kappa shape index (κ2) is 6.92. The number of hydrogen-bond acceptors (Lipinski definition) is 3. The first-order valence-corrected chi connectivity index (χ1v) is 2.68. The summed E-state index contributed by atoms with van der Waals surface area (Å²) < 4.78 is 4.83. The lowest BCUT2D eigenvalue weighted by Crippen LogP contribution is -1.90. The topological polar surface area (TPSA) is 38.7 Å². The fraction of sp³-hybridized carbons (Fsp3) is 0.500. The van der Waals surface area contributed by atoms with Crippen LogP contribution < -0.4 is 0 Å². The lowest BCUT2D eigenvalue weighted by atomic mass is 10.7. The highest BCUT2D eigenvalue weighted by Crippen LogP contribution is 1.76. The Kier molecular flexibility index (Phi) is 6.09. The van der Waals surface area contributed by atoms with E-state index in [4.69, 9.17) is 4.74 Å². The number of hydrogen-bond donors (Lipinski definition) is 0. The minimum Gasteiger partial charge on any atom is -0.500 e. The van der Waals surface area contributed by atoms with Gasteiger partial charge < -0.3 is 4.74 Å². The minimum absolute atomic E-state index is 0.383. The van der Waals surface area contributed by atoms with Gasteiger partial charge in [-0.3, -0.25) is 0 Å². The molecule has 0 aliphatic carbocycles. The average Bonchev–Trinajstić information content (AvgIpc) is 1.89. The SMILES string of the molecule is CC=COCCN=C=O. The Morgan fingerprint density at radius 1 is 1.78 bits per heavy atom. The first-order valence-electron chi connectivity index (χ1n) is 2.68. The second-order valence-electron chi connectivity index (χ2n) is 1.31. The van der Waals surface area contributed by atoms with Gasteiger partial charge in [0.1, 0.15) is 6.61 Å². The number of aliphatic imine (C=N–C) groups is 1. The zero-order chi connectivity index (χ0) is 6.95. The van der Waals surface area contributed by atoms with Gasteiger partial charge in [-0.25, -0.2) is 9.79 Å². The van der Waals surface area contributed by atoms with Crippen LogP contribution >= 0.6 is 0 Å². The molecule has 0 N–H and O–H groups in total. The van der Waals surface area contributed by atoms with Crippen LogP contribution in [0.15, 0.2) is 17.3 Å². The van der Waals surface area contributed by atoms with Crippen LogP contribution in [0.1, 0.15) is 6.92 Å². The van der Waals surface area contributed by atoms with Crippen LogP contribution in [0, 0.1) is 0 Å². The van der Waals surface area contributed by atoms with E-state index < -0.39 is 0 Å². The highest BCUT2D eigenvalue weighted by Gasteiger charge is 1.76. The van der Waals surface area contributed by atoms with E-state index in [1.54, 1.807) is 12.3 Å². The summed E-state index contributed by atoms with van der Waals surface area (Å²) in [6.45, 7) is 2.68. The van der Waals surface area contributed by atoms with Crippen molar-refractivity contribution < 1.29 is 9.53 Å². The third kappa shape index (κ3) is 6.92. The lowest BCUT2D eigenvalue weighted by molar-refractivity contribution is 0.259. The molecule has 3 nitrogen and oxygen atoms in total. The van der Waals surface area contributed by atoms with Crippen molar-refractivity contribution in [3.8, 4) is 0 Å². The fourth-order valence-electron chi connectivity index (χ4n) is 0.308. The predicted octanol–water partition coefficient (Wildman–Crippen LogP) is 0.872. The summed E-state index contributed by atoms with van der Waals surface area (Å²) in [4.78, 5) is 12.8. The molecule has 9 heavy (non-hydrogen) atoms. The quantitative estimate of drug-likeness (QED) is 0.243. The maximum atomic E-state index is 9.47. The van der Waals surface area contributed by atoms with E-state index in [9.17, 15) is 4.79 Å². The normalized spacial score (nSPS) is 9.00. The molecular weight excluding hydrogens is 118 g/mol. The number of nitrogens with zero attached hydrogens (tertiary/aromatic N) is 1. The zero-order valence-electron chi connectivity index (χ0n) is 5.33. The number of rotatable bonds is 4. The van der Waals surface area contributed by atoms with E-state index in [0.717, 1.165) is 0 Å². The molecular formula is C6H9NO2. The molecule has 50 valence electrons. The third-order valence-corrected chi connectivity index (χ3v) is 0.618. The largest absolute Gasteiger partial charge is 0.500 e. The van der Waals surface area contributed by atoms with Gasteiger partial charge in [-0.15, -0.1) is 0 Å². The van der Waals surface area contributed by atoms with Crippen molar-refractivity contribution in [2.24, 2.45) is 4.99 Å². The molecule has 0 saturated carbocycles. The Labute approximate surface area is 54.0 Å². The molecule has 0 unspecified atom stereocenters. The van der Waals surface area contributed by atoms with Crippen LogP contribution in [0.25, 0.3) is 0 Å². The molecule has 0 amide bonds. The van der Waals surface area contributed by atoms with Crippen molar-refractivity contribution in [1.82, 2.24) is 0 Å². The molecule has 0 aliphatic heterocycles. The summed E-state index contributed by atoms with van der Waals surface area (Å²) in [5, 5.41) is 0. The second-order valence-corrected chi connectivity index (χ2v) is 1.31. The number of isocyanates is 1. The molecule has 0 aliphatic rings. The van der Waals surface area contributed by atoms with Gasteiger partial charge in [0.15, 0.2) is 0 Å². The summed E-state index contributed by atoms with van der Waals surface area (Å²) in [7, 11) is 0. The van der Waals surface area contributed by atoms with Crippen molar-refractivity contribution in [3.05, 3.63) is 12.3 Å². The molecule has 0 heterocycles. The lowest BCUT2D eigenvalue weighted by Gasteiger charge is -1.91. The molecule has 0 aromatic rings. The van der Waals surface area contributed by atoms with E-state index in [1.165, 1.54) is 6.08 Å². The Hall–Kier alpha value is -1.08. The molecule has 3 heteroatoms. The molecule has 0 fully saturated rings. The van der Waals surface area contributed by atoms with Crippen molar-refractivity contribution in [2.75, 3.05) is 13.2 Å². The number of carbonyl (C=O) groups excluding carboxylic acids is 1. The van der Waals surface area contributed by atoms with Crippen LogP contribution in [-0.4, -0.2) is 19.2 Å². The van der Waals surface area contributed by atoms with Gasteiger partial charge in [-0.2, -0.15) is 0 Å². The summed E-state index contributed by atoms with van der Waals surface area (Å²) in [5.41, 5.74) is 0. The van der Waals surface area contributed by atoms with Crippen molar-refractivity contribution in [1.29, 1.82) is 0 Å². The Morgan fingerprint density at radius 2 is 2.56 bits per heavy atom. The van der Waals surface area contributed by atoms with Gasteiger partial charge in [-0.1, -0.05) is 6.08 Å². The molecule has 0 aromatic carbocycles. The summed E-state index contributed by atoms with van der Waals surface area (Å²) >= 11 is 0. The van der Waals surface area contributed by atoms with Gasteiger partial charge in [-0.05, 0) is 6.92 Å². The Balaban J connectivity index is 3.00. The van der Waals surface area contributed by atoms with Gasteiger partial charge in [0.25, 0.3) is 0 Å². The highest BCUT2D eigenvalue weighted by molar-refractivity contribution is 5.32. The van der Waals surface area contributed by atoms with Crippen LogP contribution in [0.4, 0.5) is 0 Å². The van der Waals surface area contributed by atoms with E-state index in [1.807, 2.05) is 6.92 Å². The van der Waals surface area contributed by atoms with Crippen molar-refractivity contribution in [2.45, 2.75) is 6.92 Å². The average molecular weight is 127 g/mol. The van der Waals surface area contributed by atoms with Crippen LogP contribution in [0.2, 0.25) is 0 Å². The van der Waals surface area contributed by atoms with Crippen molar-refractivity contribution in [3.63, 3.8) is 0 Å². The summed E-state index contributed by atoms with van der Waals surface area (Å²) in [6, 6.07) is 0. The van der Waals surface area contributed by atoms with Gasteiger partial charge in [0.2, 0.25) is 6.08 Å². The van der Waals surface area contributed by atoms with E-state index in [-0.39, 0.29) is 0 Å². The maximum absolute atomic E-state index is 9.47. The third-order valence-electron chi connectivity index (χ3n) is 0.618. The summed E-state index contributed by atoms with van der Waals surface area (Å²) in [5.74, 6) is 0. The summed E-state index contributed by atoms with van der Waals surface area (Å²) in [6.07, 6.45) is 4.74. The molecule has 0 saturated heterocycles. The first-order chi connectivity index (χ1) is 4.41. The van der Waals surface area contributed by atoms with Crippen LogP contribution in [0.5, 0.6) is 0 Å². The van der Waals surface area contributed by atoms with E-state index in [0.29, 0.717) is 13.2 Å². The van der Waals surface area contributed by atoms with Gasteiger partial charge >= 0.3 is 0 Å². The molecule has 0 radical (unpaired) electrons. The van der Waals surface area contributed by atoms with Crippen LogP contribution in [0.3, 0.4) is 0 Å². The monoisotopic (exact) mass is 127 g/mol. The van der Waals surface area contributed by atoms with Crippen LogP contribution in [-0.2, 0) is 9.53 Å². The van der Waals surface area contributed by atoms with E-state index >= 15 is 0 Å². The van der Waals surface area contributed by atoms with E-state index in [2.05, 4.69) is 4.99 Å². The minimum atomic E-state index is 0.383. The molecule has 0 spiro atoms. The fourth-order valence-corrected chi connectivity index (χ4v) is 0.308. The first kappa shape index (κ1) is 7.92. The molecule has 0 bridgehead atoms. The number of ether oxygens (including phenoxy) is 1. The molecule has 0 aromatic heterocycles. The predicted molar refractivity (Wildman–Crippen MR) is 33.8 cm³/mol. The molecule has 0 rings (SSSR count). The smallest absolute Gasteiger partial charge is 0.235 e. The standard InChI is InChI=1S/C6H9NO2/c1-2-4-9-5-3-7-6-8/h2,4H,3,5H2,1H3. The molecule has 0 atom stereocenters. The van der Waals surface area contributed by atoms with Gasteiger partial charge in [0.05, 0.1) is 12.8 Å². The van der Waals surface area contributed by atoms with Gasteiger partial charge in [0, 0.05) is 0 Å². The Bertz CT molecular complexity index is 125. The Morgan fingerprint density at radius 3 is 3.11 bits per heavy atom. The highest BCUT2D eigenvalue weighted by atomic mass is 16.5. The number of allylic oxidation sites excluding steroid dienone is 1. The van der Waals surface area contributed by atoms with Crippen molar-refractivity contribution >= 4 is 6.08 Å².